The number of rotatable bonds is 7. The van der Waals surface area contributed by atoms with Crippen molar-refractivity contribution in [3.05, 3.63) is 0 Å². The fraction of sp³-hybridized carbons (Fsp3) is 1.00. The van der Waals surface area contributed by atoms with Gasteiger partial charge in [-0.25, -0.2) is 0 Å². The van der Waals surface area contributed by atoms with Crippen molar-refractivity contribution in [3.63, 3.8) is 0 Å². The first kappa shape index (κ1) is 18.5. The van der Waals surface area contributed by atoms with Crippen molar-refractivity contribution in [2.45, 2.75) is 64.8 Å². The maximum atomic E-state index is 5.83. The van der Waals surface area contributed by atoms with Gasteiger partial charge in [-0.15, -0.1) is 0 Å². The average Bonchev–Trinajstić information content (AvgIpc) is 2.21. The molecule has 0 amide bonds. The quantitative estimate of drug-likeness (QED) is 0.670. The molecule has 1 atom stereocenters. The van der Waals surface area contributed by atoms with E-state index in [0.29, 0.717) is 5.67 Å². The SMILES string of the molecule is CCC(N([Si](C)(C)C)[Si](C)(C)C)[Si](C)(OC)OC. The summed E-state index contributed by atoms with van der Waals surface area (Å²) in [6, 6.07) is 0. The van der Waals surface area contributed by atoms with Crippen LogP contribution in [0.2, 0.25) is 45.8 Å². The highest BCUT2D eigenvalue weighted by molar-refractivity contribution is 6.91. The molecule has 0 aliphatic heterocycles. The fourth-order valence-corrected chi connectivity index (χ4v) is 19.0. The van der Waals surface area contributed by atoms with E-state index in [9.17, 15) is 0 Å². The van der Waals surface area contributed by atoms with Crippen molar-refractivity contribution in [1.29, 1.82) is 0 Å². The van der Waals surface area contributed by atoms with Crippen LogP contribution in [0, 0.1) is 0 Å². The molecular weight excluding hydrogens is 274 g/mol. The van der Waals surface area contributed by atoms with Crippen molar-refractivity contribution >= 4 is 25.0 Å². The molecule has 6 heteroatoms. The van der Waals surface area contributed by atoms with Crippen LogP contribution in [-0.4, -0.2) is 49.1 Å². The number of hydrogen-bond donors (Lipinski definition) is 0. The highest BCUT2D eigenvalue weighted by Gasteiger charge is 2.49. The molecule has 0 saturated carbocycles. The second-order valence-corrected chi connectivity index (χ2v) is 20.7. The summed E-state index contributed by atoms with van der Waals surface area (Å²) in [5, 5.41) is 0. The summed E-state index contributed by atoms with van der Waals surface area (Å²) in [6.07, 6.45) is 1.11. The number of nitrogens with zero attached hydrogens (tertiary/aromatic N) is 1. The molecule has 0 aromatic heterocycles. The Balaban J connectivity index is 5.58. The van der Waals surface area contributed by atoms with Gasteiger partial charge in [0.2, 0.25) is 0 Å². The van der Waals surface area contributed by atoms with Gasteiger partial charge in [0.1, 0.15) is 16.5 Å². The lowest BCUT2D eigenvalue weighted by Gasteiger charge is -2.52. The van der Waals surface area contributed by atoms with Crippen molar-refractivity contribution in [3.8, 4) is 0 Å². The Labute approximate surface area is 117 Å². The summed E-state index contributed by atoms with van der Waals surface area (Å²) in [7, 11) is -1.25. The monoisotopic (exact) mass is 307 g/mol. The lowest BCUT2D eigenvalue weighted by atomic mass is 10.5. The smallest absolute Gasteiger partial charge is 0.350 e. The Kier molecular flexibility index (Phi) is 6.51. The van der Waals surface area contributed by atoms with E-state index in [1.807, 2.05) is 14.2 Å². The molecule has 3 nitrogen and oxygen atoms in total. The van der Waals surface area contributed by atoms with Gasteiger partial charge >= 0.3 is 8.56 Å². The van der Waals surface area contributed by atoms with E-state index in [-0.39, 0.29) is 0 Å². The van der Waals surface area contributed by atoms with Crippen LogP contribution >= 0.6 is 0 Å². The second-order valence-electron chi connectivity index (χ2n) is 7.06. The third-order valence-electron chi connectivity index (χ3n) is 3.56. The summed E-state index contributed by atoms with van der Waals surface area (Å²) in [6.45, 7) is 19.1. The predicted octanol–water partition coefficient (Wildman–Crippen LogP) is 3.64. The van der Waals surface area contributed by atoms with E-state index in [4.69, 9.17) is 8.85 Å². The zero-order chi connectivity index (χ0) is 14.8. The van der Waals surface area contributed by atoms with Crippen LogP contribution < -0.4 is 0 Å². The predicted molar refractivity (Wildman–Crippen MR) is 88.2 cm³/mol. The first-order chi connectivity index (χ1) is 7.94. The Morgan fingerprint density at radius 3 is 1.33 bits per heavy atom. The number of hydrogen-bond acceptors (Lipinski definition) is 3. The molecule has 0 heterocycles. The maximum absolute atomic E-state index is 5.83. The van der Waals surface area contributed by atoms with Crippen LogP contribution in [0.5, 0.6) is 0 Å². The van der Waals surface area contributed by atoms with Crippen LogP contribution in [0.3, 0.4) is 0 Å². The van der Waals surface area contributed by atoms with E-state index in [1.165, 1.54) is 0 Å². The zero-order valence-electron chi connectivity index (χ0n) is 14.0. The topological polar surface area (TPSA) is 21.7 Å². The minimum atomic E-state index is -2.11. The van der Waals surface area contributed by atoms with Crippen LogP contribution in [0.15, 0.2) is 0 Å². The van der Waals surface area contributed by atoms with E-state index >= 15 is 0 Å². The molecule has 0 fully saturated rings. The van der Waals surface area contributed by atoms with Crippen molar-refractivity contribution in [2.75, 3.05) is 14.2 Å². The summed E-state index contributed by atoms with van der Waals surface area (Å²) < 4.78 is 14.5. The summed E-state index contributed by atoms with van der Waals surface area (Å²) in [4.78, 5) is 0. The minimum absolute atomic E-state index is 0.464. The summed E-state index contributed by atoms with van der Waals surface area (Å²) >= 11 is 0. The first-order valence-electron chi connectivity index (χ1n) is 6.83. The largest absolute Gasteiger partial charge is 0.397 e. The minimum Gasteiger partial charge on any atom is -0.397 e. The van der Waals surface area contributed by atoms with E-state index in [1.54, 1.807) is 0 Å². The molecule has 110 valence electrons. The van der Waals surface area contributed by atoms with Gasteiger partial charge in [-0.1, -0.05) is 46.2 Å². The van der Waals surface area contributed by atoms with Gasteiger partial charge in [0.05, 0.1) is 0 Å². The van der Waals surface area contributed by atoms with Gasteiger partial charge in [-0.3, -0.25) is 0 Å². The first-order valence-corrected chi connectivity index (χ1v) is 16.1. The molecule has 1 unspecified atom stereocenters. The van der Waals surface area contributed by atoms with Crippen LogP contribution in [0.25, 0.3) is 0 Å². The van der Waals surface area contributed by atoms with Crippen LogP contribution in [0.4, 0.5) is 0 Å². The third kappa shape index (κ3) is 4.28. The molecule has 0 N–H and O–H groups in total. The highest BCUT2D eigenvalue weighted by Crippen LogP contribution is 2.30. The highest BCUT2D eigenvalue weighted by atomic mass is 28.4. The molecule has 0 saturated heterocycles. The standard InChI is InChI=1S/C12H33NO2Si3/c1-11-12(18(10,14-2)15-3)13(16(4,5)6)17(7,8)9/h12H,11H2,1-10H3. The molecule has 0 aromatic carbocycles. The molecule has 0 spiro atoms. The summed E-state index contributed by atoms with van der Waals surface area (Å²) in [5.74, 6) is 0. The van der Waals surface area contributed by atoms with Gasteiger partial charge in [0, 0.05) is 19.9 Å². The molecule has 0 aliphatic carbocycles. The molecule has 0 rings (SSSR count). The van der Waals surface area contributed by atoms with Gasteiger partial charge in [0.25, 0.3) is 0 Å². The lowest BCUT2D eigenvalue weighted by molar-refractivity contribution is 0.219. The van der Waals surface area contributed by atoms with Crippen LogP contribution in [0.1, 0.15) is 13.3 Å². The molecule has 18 heavy (non-hydrogen) atoms. The van der Waals surface area contributed by atoms with E-state index < -0.39 is 25.0 Å². The Hall–Kier alpha value is 0.531. The Morgan fingerprint density at radius 2 is 1.17 bits per heavy atom. The van der Waals surface area contributed by atoms with Gasteiger partial charge in [0.15, 0.2) is 0 Å². The zero-order valence-corrected chi connectivity index (χ0v) is 17.0. The van der Waals surface area contributed by atoms with Crippen molar-refractivity contribution in [2.24, 2.45) is 0 Å². The van der Waals surface area contributed by atoms with Crippen molar-refractivity contribution < 1.29 is 8.85 Å². The lowest BCUT2D eigenvalue weighted by Crippen LogP contribution is -2.70. The molecule has 0 bridgehead atoms. The fourth-order valence-electron chi connectivity index (χ4n) is 3.08. The second kappa shape index (κ2) is 6.32. The third-order valence-corrected chi connectivity index (χ3v) is 15.1. The molecule has 0 aliphatic rings. The Morgan fingerprint density at radius 1 is 0.833 bits per heavy atom. The summed E-state index contributed by atoms with van der Waals surface area (Å²) in [5.41, 5.74) is 0.464. The van der Waals surface area contributed by atoms with Gasteiger partial charge < -0.3 is 13.1 Å². The molecule has 0 aromatic rings. The Bertz CT molecular complexity index is 243. The van der Waals surface area contributed by atoms with Gasteiger partial charge in [-0.05, 0) is 13.0 Å². The van der Waals surface area contributed by atoms with Crippen molar-refractivity contribution in [1.82, 2.24) is 4.23 Å². The van der Waals surface area contributed by atoms with Crippen LogP contribution in [-0.2, 0) is 8.85 Å². The van der Waals surface area contributed by atoms with E-state index in [2.05, 4.69) is 57.0 Å². The maximum Gasteiger partial charge on any atom is 0.350 e. The molecular formula is C12H33NO2Si3. The van der Waals surface area contributed by atoms with Gasteiger partial charge in [-0.2, -0.15) is 0 Å². The normalized spacial score (nSPS) is 16.2. The average molecular weight is 308 g/mol. The van der Waals surface area contributed by atoms with E-state index in [0.717, 1.165) is 6.42 Å². The molecule has 0 radical (unpaired) electrons.